The Balaban J connectivity index is 2.54. The van der Waals surface area contributed by atoms with Crippen molar-refractivity contribution < 1.29 is 13.9 Å². The van der Waals surface area contributed by atoms with Crippen molar-refractivity contribution in [3.05, 3.63) is 34.9 Å². The van der Waals surface area contributed by atoms with Gasteiger partial charge in [-0.25, -0.2) is 8.78 Å². The molecule has 1 aliphatic rings. The fourth-order valence-corrected chi connectivity index (χ4v) is 1.86. The van der Waals surface area contributed by atoms with Crippen LogP contribution in [0.15, 0.2) is 12.1 Å². The lowest BCUT2D eigenvalue weighted by Crippen LogP contribution is -2.32. The molecule has 0 unspecified atom stereocenters. The fraction of sp³-hybridized carbons (Fsp3) is 0.400. The highest BCUT2D eigenvalue weighted by atomic mass is 19.1. The summed E-state index contributed by atoms with van der Waals surface area (Å²) in [6, 6.07) is 1.37. The van der Waals surface area contributed by atoms with E-state index in [0.29, 0.717) is 24.0 Å². The number of aliphatic hydroxyl groups is 1. The topological polar surface area (TPSA) is 46.2 Å². The van der Waals surface area contributed by atoms with Crippen LogP contribution in [0.3, 0.4) is 0 Å². The number of halogens is 2. The Morgan fingerprint density at radius 1 is 1.36 bits per heavy atom. The molecule has 2 atom stereocenters. The molecular weight excluding hydrogens is 188 g/mol. The minimum atomic E-state index is -0.705. The van der Waals surface area contributed by atoms with Gasteiger partial charge in [0.1, 0.15) is 11.6 Å². The standard InChI is InChI=1S/C10H11F2NO/c11-5-3-7-6(8(12)4-5)1-2-9(14)10(7)13/h3-4,9-10,14H,1-2,13H2/t9-,10+/m0/s1. The second kappa shape index (κ2) is 3.29. The quantitative estimate of drug-likeness (QED) is 0.661. The monoisotopic (exact) mass is 199 g/mol. The maximum atomic E-state index is 13.3. The summed E-state index contributed by atoms with van der Waals surface area (Å²) in [5, 5.41) is 9.44. The Labute approximate surface area is 80.4 Å². The van der Waals surface area contributed by atoms with Gasteiger partial charge >= 0.3 is 0 Å². The molecule has 0 spiro atoms. The third-order valence-corrected chi connectivity index (χ3v) is 2.66. The number of hydrogen-bond acceptors (Lipinski definition) is 2. The third-order valence-electron chi connectivity index (χ3n) is 2.66. The number of aliphatic hydroxyl groups excluding tert-OH is 1. The zero-order valence-electron chi connectivity index (χ0n) is 7.50. The molecule has 0 radical (unpaired) electrons. The van der Waals surface area contributed by atoms with E-state index in [0.717, 1.165) is 6.07 Å². The summed E-state index contributed by atoms with van der Waals surface area (Å²) in [5.74, 6) is -1.21. The Morgan fingerprint density at radius 3 is 2.79 bits per heavy atom. The maximum absolute atomic E-state index is 13.3. The highest BCUT2D eigenvalue weighted by Crippen LogP contribution is 2.30. The van der Waals surface area contributed by atoms with Crippen molar-refractivity contribution in [1.82, 2.24) is 0 Å². The van der Waals surface area contributed by atoms with E-state index in [2.05, 4.69) is 0 Å². The van der Waals surface area contributed by atoms with E-state index < -0.39 is 23.8 Å². The number of benzene rings is 1. The Hall–Kier alpha value is -1.00. The zero-order chi connectivity index (χ0) is 10.3. The summed E-state index contributed by atoms with van der Waals surface area (Å²) in [5.41, 5.74) is 6.47. The van der Waals surface area contributed by atoms with Gasteiger partial charge in [-0.2, -0.15) is 0 Å². The minimum Gasteiger partial charge on any atom is -0.391 e. The molecule has 1 aromatic carbocycles. The highest BCUT2D eigenvalue weighted by Gasteiger charge is 2.27. The van der Waals surface area contributed by atoms with Crippen molar-refractivity contribution in [2.45, 2.75) is 25.0 Å². The molecule has 1 aliphatic carbocycles. The highest BCUT2D eigenvalue weighted by molar-refractivity contribution is 5.35. The fourth-order valence-electron chi connectivity index (χ4n) is 1.86. The summed E-state index contributed by atoms with van der Waals surface area (Å²) < 4.78 is 26.1. The predicted octanol–water partition coefficient (Wildman–Crippen LogP) is 1.27. The van der Waals surface area contributed by atoms with E-state index >= 15 is 0 Å². The van der Waals surface area contributed by atoms with Crippen molar-refractivity contribution in [2.24, 2.45) is 5.73 Å². The molecule has 1 aromatic rings. The molecule has 0 aliphatic heterocycles. The van der Waals surface area contributed by atoms with E-state index in [1.165, 1.54) is 6.07 Å². The smallest absolute Gasteiger partial charge is 0.129 e. The average Bonchev–Trinajstić information content (AvgIpc) is 2.12. The van der Waals surface area contributed by atoms with Crippen LogP contribution in [0.1, 0.15) is 23.6 Å². The lowest BCUT2D eigenvalue weighted by Gasteiger charge is -2.27. The van der Waals surface area contributed by atoms with Crippen LogP contribution < -0.4 is 5.73 Å². The van der Waals surface area contributed by atoms with Gasteiger partial charge in [0.05, 0.1) is 12.1 Å². The van der Waals surface area contributed by atoms with Crippen molar-refractivity contribution in [1.29, 1.82) is 0 Å². The molecule has 0 saturated carbocycles. The second-order valence-electron chi connectivity index (χ2n) is 3.59. The van der Waals surface area contributed by atoms with Crippen molar-refractivity contribution in [3.8, 4) is 0 Å². The zero-order valence-corrected chi connectivity index (χ0v) is 7.50. The van der Waals surface area contributed by atoms with Crippen LogP contribution in [0.4, 0.5) is 8.78 Å². The molecule has 2 nitrogen and oxygen atoms in total. The lowest BCUT2D eigenvalue weighted by molar-refractivity contribution is 0.127. The SMILES string of the molecule is N[C@@H]1c2cc(F)cc(F)c2CC[C@@H]1O. The van der Waals surface area contributed by atoms with Crippen LogP contribution in [-0.4, -0.2) is 11.2 Å². The van der Waals surface area contributed by atoms with Gasteiger partial charge in [0.2, 0.25) is 0 Å². The maximum Gasteiger partial charge on any atom is 0.129 e. The lowest BCUT2D eigenvalue weighted by atomic mass is 9.86. The van der Waals surface area contributed by atoms with Crippen molar-refractivity contribution in [3.63, 3.8) is 0 Å². The Kier molecular flexibility index (Phi) is 2.25. The predicted molar refractivity (Wildman–Crippen MR) is 47.6 cm³/mol. The molecule has 0 fully saturated rings. The molecule has 4 heteroatoms. The summed E-state index contributed by atoms with van der Waals surface area (Å²) >= 11 is 0. The normalized spacial score (nSPS) is 26.0. The van der Waals surface area contributed by atoms with Gasteiger partial charge in [-0.3, -0.25) is 0 Å². The molecule has 0 bridgehead atoms. The summed E-state index contributed by atoms with van der Waals surface area (Å²) in [7, 11) is 0. The molecule has 2 rings (SSSR count). The molecule has 14 heavy (non-hydrogen) atoms. The van der Waals surface area contributed by atoms with Gasteiger partial charge in [-0.05, 0) is 30.0 Å². The van der Waals surface area contributed by atoms with Gasteiger partial charge in [0.25, 0.3) is 0 Å². The van der Waals surface area contributed by atoms with Crippen molar-refractivity contribution in [2.75, 3.05) is 0 Å². The summed E-state index contributed by atoms with van der Waals surface area (Å²) in [6.45, 7) is 0. The summed E-state index contributed by atoms with van der Waals surface area (Å²) in [6.07, 6.45) is 0.135. The molecule has 0 amide bonds. The molecule has 76 valence electrons. The largest absolute Gasteiger partial charge is 0.391 e. The van der Waals surface area contributed by atoms with Crippen LogP contribution in [0, 0.1) is 11.6 Å². The summed E-state index contributed by atoms with van der Waals surface area (Å²) in [4.78, 5) is 0. The van der Waals surface area contributed by atoms with E-state index in [4.69, 9.17) is 5.73 Å². The number of hydrogen-bond donors (Lipinski definition) is 2. The number of rotatable bonds is 0. The molecule has 3 N–H and O–H groups in total. The number of nitrogens with two attached hydrogens (primary N) is 1. The molecule has 0 heterocycles. The van der Waals surface area contributed by atoms with Gasteiger partial charge in [-0.15, -0.1) is 0 Å². The molecule has 0 aromatic heterocycles. The van der Waals surface area contributed by atoms with Gasteiger partial charge in [0, 0.05) is 6.07 Å². The van der Waals surface area contributed by atoms with Crippen LogP contribution in [0.5, 0.6) is 0 Å². The Bertz CT molecular complexity index is 367. The molecule has 0 saturated heterocycles. The molecular formula is C10H11F2NO. The van der Waals surface area contributed by atoms with Crippen LogP contribution in [0.25, 0.3) is 0 Å². The van der Waals surface area contributed by atoms with Crippen molar-refractivity contribution >= 4 is 0 Å². The van der Waals surface area contributed by atoms with Crippen LogP contribution in [-0.2, 0) is 6.42 Å². The minimum absolute atomic E-state index is 0.390. The first-order valence-corrected chi connectivity index (χ1v) is 4.51. The van der Waals surface area contributed by atoms with Crippen LogP contribution in [0.2, 0.25) is 0 Å². The van der Waals surface area contributed by atoms with E-state index in [-0.39, 0.29) is 0 Å². The average molecular weight is 199 g/mol. The Morgan fingerprint density at radius 2 is 2.07 bits per heavy atom. The van der Waals surface area contributed by atoms with Crippen LogP contribution >= 0.6 is 0 Å². The number of fused-ring (bicyclic) bond motifs is 1. The third kappa shape index (κ3) is 1.40. The van der Waals surface area contributed by atoms with E-state index in [1.54, 1.807) is 0 Å². The van der Waals surface area contributed by atoms with Gasteiger partial charge in [-0.1, -0.05) is 0 Å². The van der Waals surface area contributed by atoms with Gasteiger partial charge in [0.15, 0.2) is 0 Å². The first-order valence-electron chi connectivity index (χ1n) is 4.51. The first-order chi connectivity index (χ1) is 6.59. The first kappa shape index (κ1) is 9.55. The van der Waals surface area contributed by atoms with E-state index in [1.807, 2.05) is 0 Å². The van der Waals surface area contributed by atoms with Gasteiger partial charge < -0.3 is 10.8 Å². The van der Waals surface area contributed by atoms with E-state index in [9.17, 15) is 13.9 Å². The second-order valence-corrected chi connectivity index (χ2v) is 3.59.